The Morgan fingerprint density at radius 1 is 1.44 bits per heavy atom. The first-order chi connectivity index (χ1) is 8.65. The fourth-order valence-electron chi connectivity index (χ4n) is 2.01. The zero-order valence-corrected chi connectivity index (χ0v) is 10.1. The largest absolute Gasteiger partial charge is 0.497 e. The average molecular weight is 249 g/mol. The van der Waals surface area contributed by atoms with Gasteiger partial charge in [0.25, 0.3) is 0 Å². The van der Waals surface area contributed by atoms with E-state index in [1.807, 2.05) is 0 Å². The van der Waals surface area contributed by atoms with Crippen LogP contribution in [0.5, 0.6) is 5.75 Å². The number of hydrogen-bond donors (Lipinski definition) is 2. The molecule has 1 atom stereocenters. The zero-order chi connectivity index (χ0) is 13.1. The van der Waals surface area contributed by atoms with Crippen molar-refractivity contribution in [3.63, 3.8) is 0 Å². The van der Waals surface area contributed by atoms with Gasteiger partial charge in [0.2, 0.25) is 11.8 Å². The lowest BCUT2D eigenvalue weighted by atomic mass is 10.1. The van der Waals surface area contributed by atoms with Crippen molar-refractivity contribution in [3.8, 4) is 5.75 Å². The minimum Gasteiger partial charge on any atom is -0.497 e. The number of nitrogens with zero attached hydrogens (tertiary/aromatic N) is 1. The SMILES string of the molecule is COc1ccc(N2C[C@@H](C(=O)NN)CC2=O)cc1. The van der Waals surface area contributed by atoms with Crippen molar-refractivity contribution in [1.29, 1.82) is 0 Å². The van der Waals surface area contributed by atoms with Crippen molar-refractivity contribution in [3.05, 3.63) is 24.3 Å². The number of carbonyl (C=O) groups is 2. The number of hydrazine groups is 1. The lowest BCUT2D eigenvalue weighted by Gasteiger charge is -2.16. The van der Waals surface area contributed by atoms with E-state index in [0.717, 1.165) is 11.4 Å². The fourth-order valence-corrected chi connectivity index (χ4v) is 2.01. The van der Waals surface area contributed by atoms with Gasteiger partial charge in [-0.2, -0.15) is 0 Å². The van der Waals surface area contributed by atoms with E-state index in [1.54, 1.807) is 36.3 Å². The van der Waals surface area contributed by atoms with Crippen molar-refractivity contribution >= 4 is 17.5 Å². The summed E-state index contributed by atoms with van der Waals surface area (Å²) in [4.78, 5) is 24.8. The quantitative estimate of drug-likeness (QED) is 0.450. The number of hydrogen-bond acceptors (Lipinski definition) is 4. The van der Waals surface area contributed by atoms with Gasteiger partial charge in [0, 0.05) is 18.7 Å². The van der Waals surface area contributed by atoms with Gasteiger partial charge in [0.15, 0.2) is 0 Å². The van der Waals surface area contributed by atoms with Crippen LogP contribution in [0.25, 0.3) is 0 Å². The molecule has 0 saturated carbocycles. The van der Waals surface area contributed by atoms with E-state index in [9.17, 15) is 9.59 Å². The maximum absolute atomic E-state index is 11.8. The summed E-state index contributed by atoms with van der Waals surface area (Å²) < 4.78 is 5.05. The van der Waals surface area contributed by atoms with Gasteiger partial charge in [-0.1, -0.05) is 0 Å². The fraction of sp³-hybridized carbons (Fsp3) is 0.333. The van der Waals surface area contributed by atoms with Crippen LogP contribution in [0.4, 0.5) is 5.69 Å². The van der Waals surface area contributed by atoms with Crippen molar-refractivity contribution in [2.75, 3.05) is 18.6 Å². The maximum Gasteiger partial charge on any atom is 0.239 e. The summed E-state index contributed by atoms with van der Waals surface area (Å²) in [6.45, 7) is 0.355. The highest BCUT2D eigenvalue weighted by Crippen LogP contribution is 2.26. The van der Waals surface area contributed by atoms with Gasteiger partial charge in [0.1, 0.15) is 5.75 Å². The number of carbonyl (C=O) groups excluding carboxylic acids is 2. The molecule has 1 aliphatic heterocycles. The molecule has 0 bridgehead atoms. The van der Waals surface area contributed by atoms with Crippen LogP contribution >= 0.6 is 0 Å². The molecule has 18 heavy (non-hydrogen) atoms. The number of methoxy groups -OCH3 is 1. The topological polar surface area (TPSA) is 84.7 Å². The van der Waals surface area contributed by atoms with Crippen LogP contribution in [-0.4, -0.2) is 25.5 Å². The van der Waals surface area contributed by atoms with E-state index in [2.05, 4.69) is 5.43 Å². The van der Waals surface area contributed by atoms with Gasteiger partial charge in [-0.15, -0.1) is 0 Å². The molecule has 6 heteroatoms. The average Bonchev–Trinajstić information content (AvgIpc) is 2.80. The molecule has 2 rings (SSSR count). The third-order valence-corrected chi connectivity index (χ3v) is 3.02. The smallest absolute Gasteiger partial charge is 0.239 e. The summed E-state index contributed by atoms with van der Waals surface area (Å²) >= 11 is 0. The van der Waals surface area contributed by atoms with Crippen LogP contribution in [0.15, 0.2) is 24.3 Å². The molecule has 1 saturated heterocycles. The summed E-state index contributed by atoms with van der Waals surface area (Å²) in [5.74, 6) is 5.03. The maximum atomic E-state index is 11.8. The third-order valence-electron chi connectivity index (χ3n) is 3.02. The van der Waals surface area contributed by atoms with Gasteiger partial charge in [0.05, 0.1) is 13.0 Å². The minimum absolute atomic E-state index is 0.0752. The Balaban J connectivity index is 2.13. The number of amides is 2. The first-order valence-corrected chi connectivity index (χ1v) is 5.60. The Morgan fingerprint density at radius 3 is 2.67 bits per heavy atom. The van der Waals surface area contributed by atoms with Gasteiger partial charge < -0.3 is 9.64 Å². The summed E-state index contributed by atoms with van der Waals surface area (Å²) in [6, 6.07) is 7.14. The molecule has 1 heterocycles. The van der Waals surface area contributed by atoms with Crippen molar-refractivity contribution in [2.24, 2.45) is 11.8 Å². The van der Waals surface area contributed by atoms with E-state index in [4.69, 9.17) is 10.6 Å². The predicted octanol–water partition coefficient (Wildman–Crippen LogP) is 0.0380. The zero-order valence-electron chi connectivity index (χ0n) is 10.1. The highest BCUT2D eigenvalue weighted by Gasteiger charge is 2.34. The number of anilines is 1. The molecule has 1 fully saturated rings. The Labute approximate surface area is 105 Å². The molecule has 0 aliphatic carbocycles. The predicted molar refractivity (Wildman–Crippen MR) is 65.8 cm³/mol. The Morgan fingerprint density at radius 2 is 2.11 bits per heavy atom. The normalized spacial score (nSPS) is 18.9. The van der Waals surface area contributed by atoms with Crippen LogP contribution in [-0.2, 0) is 9.59 Å². The molecular weight excluding hydrogens is 234 g/mol. The molecule has 6 nitrogen and oxygen atoms in total. The van der Waals surface area contributed by atoms with Crippen LogP contribution < -0.4 is 20.9 Å². The second-order valence-electron chi connectivity index (χ2n) is 4.11. The number of benzene rings is 1. The van der Waals surface area contributed by atoms with Crippen LogP contribution in [0.2, 0.25) is 0 Å². The first-order valence-electron chi connectivity index (χ1n) is 5.60. The molecule has 1 aromatic rings. The highest BCUT2D eigenvalue weighted by molar-refractivity contribution is 6.00. The van der Waals surface area contributed by atoms with Gasteiger partial charge >= 0.3 is 0 Å². The molecule has 0 spiro atoms. The standard InChI is InChI=1S/C12H15N3O3/c1-18-10-4-2-9(3-5-10)15-7-8(6-11(15)16)12(17)14-13/h2-5,8H,6-7,13H2,1H3,(H,14,17)/t8-/m0/s1. The van der Waals surface area contributed by atoms with Crippen LogP contribution in [0.3, 0.4) is 0 Å². The summed E-state index contributed by atoms with van der Waals surface area (Å²) in [5.41, 5.74) is 2.84. The number of nitrogens with two attached hydrogens (primary N) is 1. The Bertz CT molecular complexity index is 458. The number of nitrogens with one attached hydrogen (secondary N) is 1. The second-order valence-corrected chi connectivity index (χ2v) is 4.11. The molecular formula is C12H15N3O3. The van der Waals surface area contributed by atoms with Gasteiger partial charge in [-0.3, -0.25) is 15.0 Å². The minimum atomic E-state index is -0.385. The molecule has 2 amide bonds. The van der Waals surface area contributed by atoms with Crippen molar-refractivity contribution in [1.82, 2.24) is 5.43 Å². The van der Waals surface area contributed by atoms with E-state index < -0.39 is 0 Å². The Hall–Kier alpha value is -2.08. The number of rotatable bonds is 3. The van der Waals surface area contributed by atoms with Crippen LogP contribution in [0, 0.1) is 5.92 Å². The summed E-state index contributed by atoms with van der Waals surface area (Å²) in [5, 5.41) is 0. The lowest BCUT2D eigenvalue weighted by Crippen LogP contribution is -2.37. The van der Waals surface area contributed by atoms with E-state index in [-0.39, 0.29) is 24.2 Å². The van der Waals surface area contributed by atoms with Crippen LogP contribution in [0.1, 0.15) is 6.42 Å². The molecule has 0 radical (unpaired) electrons. The van der Waals surface area contributed by atoms with E-state index in [1.165, 1.54) is 0 Å². The number of ether oxygens (including phenoxy) is 1. The van der Waals surface area contributed by atoms with Crippen molar-refractivity contribution in [2.45, 2.75) is 6.42 Å². The molecule has 1 aromatic carbocycles. The second kappa shape index (κ2) is 5.05. The van der Waals surface area contributed by atoms with Crippen molar-refractivity contribution < 1.29 is 14.3 Å². The van der Waals surface area contributed by atoms with Gasteiger partial charge in [-0.05, 0) is 24.3 Å². The molecule has 0 unspecified atom stereocenters. The lowest BCUT2D eigenvalue weighted by molar-refractivity contribution is -0.126. The summed E-state index contributed by atoms with van der Waals surface area (Å²) in [7, 11) is 1.58. The highest BCUT2D eigenvalue weighted by atomic mass is 16.5. The van der Waals surface area contributed by atoms with E-state index >= 15 is 0 Å². The van der Waals surface area contributed by atoms with E-state index in [0.29, 0.717) is 6.54 Å². The van der Waals surface area contributed by atoms with Gasteiger partial charge in [-0.25, -0.2) is 5.84 Å². The molecule has 1 aliphatic rings. The first kappa shape index (κ1) is 12.4. The Kier molecular flexibility index (Phi) is 3.47. The molecule has 0 aromatic heterocycles. The molecule has 3 N–H and O–H groups in total. The third kappa shape index (κ3) is 2.28. The summed E-state index contributed by atoms with van der Waals surface area (Å²) in [6.07, 6.45) is 0.190. The molecule has 96 valence electrons. The monoisotopic (exact) mass is 249 g/mol.